The molecule has 0 bridgehead atoms. The van der Waals surface area contributed by atoms with E-state index in [1.54, 1.807) is 42.9 Å². The molecule has 0 unspecified atom stereocenters. The zero-order valence-corrected chi connectivity index (χ0v) is 19.4. The topological polar surface area (TPSA) is 59.0 Å². The van der Waals surface area contributed by atoms with E-state index in [-0.39, 0.29) is 16.8 Å². The molecule has 0 saturated heterocycles. The maximum absolute atomic E-state index is 13.5. The fourth-order valence-corrected chi connectivity index (χ4v) is 3.90. The number of benzene rings is 3. The van der Waals surface area contributed by atoms with Crippen molar-refractivity contribution in [1.29, 1.82) is 0 Å². The smallest absolute Gasteiger partial charge is 0.324 e. The summed E-state index contributed by atoms with van der Waals surface area (Å²) < 4.78 is 42.5. The second kappa shape index (κ2) is 10.3. The normalized spacial score (nSPS) is 13.3. The van der Waals surface area contributed by atoms with Gasteiger partial charge in [0.2, 0.25) is 5.91 Å². The zero-order chi connectivity index (χ0) is 25.0. The molecular weight excluding hydrogens is 477 g/mol. The van der Waals surface area contributed by atoms with Gasteiger partial charge in [-0.15, -0.1) is 0 Å². The molecule has 0 spiro atoms. The summed E-state index contributed by atoms with van der Waals surface area (Å²) in [4.78, 5) is 17.3. The Bertz CT molecular complexity index is 1280. The second-order valence-corrected chi connectivity index (χ2v) is 8.41. The molecule has 180 valence electrons. The molecule has 3 aromatic carbocycles. The fourth-order valence-electron chi connectivity index (χ4n) is 3.73. The number of amides is 1. The van der Waals surface area contributed by atoms with E-state index in [0.29, 0.717) is 5.56 Å². The molecule has 9 heteroatoms. The van der Waals surface area contributed by atoms with Gasteiger partial charge in [-0.1, -0.05) is 54.1 Å². The molecule has 5 nitrogen and oxygen atoms in total. The Balaban J connectivity index is 1.58. The first-order valence-corrected chi connectivity index (χ1v) is 11.2. The molecule has 4 rings (SSSR count). The van der Waals surface area contributed by atoms with Crippen LogP contribution in [-0.2, 0) is 11.0 Å². The minimum absolute atomic E-state index is 0.0687. The quantitative estimate of drug-likeness (QED) is 0.303. The van der Waals surface area contributed by atoms with Crippen molar-refractivity contribution in [2.24, 2.45) is 0 Å². The van der Waals surface area contributed by atoms with Crippen LogP contribution in [-0.4, -0.2) is 15.5 Å². The van der Waals surface area contributed by atoms with Gasteiger partial charge >= 0.3 is 6.18 Å². The third kappa shape index (κ3) is 5.90. The van der Waals surface area contributed by atoms with Gasteiger partial charge in [0.1, 0.15) is 6.04 Å². The molecule has 0 aliphatic heterocycles. The number of halogens is 4. The van der Waals surface area contributed by atoms with E-state index >= 15 is 0 Å². The van der Waals surface area contributed by atoms with Gasteiger partial charge < -0.3 is 9.88 Å². The Kier molecular flexibility index (Phi) is 7.23. The van der Waals surface area contributed by atoms with Crippen LogP contribution >= 0.6 is 11.6 Å². The van der Waals surface area contributed by atoms with Crippen molar-refractivity contribution in [2.45, 2.75) is 25.2 Å². The van der Waals surface area contributed by atoms with Crippen molar-refractivity contribution in [3.63, 3.8) is 0 Å². The fraction of sp³-hybridized carbons (Fsp3) is 0.154. The third-order valence-corrected chi connectivity index (χ3v) is 5.79. The summed E-state index contributed by atoms with van der Waals surface area (Å²) in [5.41, 5.74) is 1.10. The summed E-state index contributed by atoms with van der Waals surface area (Å²) in [6.07, 6.45) is 0.538. The first kappa shape index (κ1) is 24.5. The second-order valence-electron chi connectivity index (χ2n) is 7.97. The van der Waals surface area contributed by atoms with Crippen LogP contribution in [0, 0.1) is 0 Å². The lowest BCUT2D eigenvalue weighted by Crippen LogP contribution is -2.35. The predicted octanol–water partition coefficient (Wildman–Crippen LogP) is 6.58. The van der Waals surface area contributed by atoms with Crippen LogP contribution in [0.4, 0.5) is 18.9 Å². The Labute approximate surface area is 205 Å². The molecule has 2 N–H and O–H groups in total. The number of carbonyl (C=O) groups excluding carboxylic acids is 1. The summed E-state index contributed by atoms with van der Waals surface area (Å²) >= 11 is 5.77. The number of nitrogens with zero attached hydrogens (tertiary/aromatic N) is 2. The van der Waals surface area contributed by atoms with E-state index in [9.17, 15) is 18.0 Å². The van der Waals surface area contributed by atoms with Crippen molar-refractivity contribution in [1.82, 2.24) is 14.9 Å². The largest absolute Gasteiger partial charge is 0.418 e. The highest BCUT2D eigenvalue weighted by molar-refractivity contribution is 6.30. The minimum Gasteiger partial charge on any atom is -0.324 e. The third-order valence-electron chi connectivity index (χ3n) is 5.55. The van der Waals surface area contributed by atoms with Gasteiger partial charge in [-0.05, 0) is 48.4 Å². The first-order valence-electron chi connectivity index (χ1n) is 10.8. The minimum atomic E-state index is -4.67. The predicted molar refractivity (Wildman–Crippen MR) is 129 cm³/mol. The zero-order valence-electron chi connectivity index (χ0n) is 18.6. The van der Waals surface area contributed by atoms with Crippen molar-refractivity contribution < 1.29 is 18.0 Å². The molecule has 1 aromatic heterocycles. The SMILES string of the molecule is C[C@H](N[C@@H](C(=O)Nc1ccc(Cl)cc1C(F)(F)F)c1ccccc1)c1ccc(-n2ccnc2)cc1. The van der Waals surface area contributed by atoms with Crippen LogP contribution in [0.1, 0.15) is 35.7 Å². The van der Waals surface area contributed by atoms with Gasteiger partial charge in [0.05, 0.1) is 17.6 Å². The number of anilines is 1. The maximum atomic E-state index is 13.5. The number of nitrogens with one attached hydrogen (secondary N) is 2. The van der Waals surface area contributed by atoms with E-state index in [4.69, 9.17) is 11.6 Å². The van der Waals surface area contributed by atoms with Crippen molar-refractivity contribution in [3.8, 4) is 5.69 Å². The van der Waals surface area contributed by atoms with Crippen LogP contribution in [0.25, 0.3) is 5.69 Å². The summed E-state index contributed by atoms with van der Waals surface area (Å²) in [5.74, 6) is -0.620. The van der Waals surface area contributed by atoms with Gasteiger partial charge in [-0.3, -0.25) is 10.1 Å². The Morgan fingerprint density at radius 1 is 1.00 bits per heavy atom. The lowest BCUT2D eigenvalue weighted by Gasteiger charge is -2.24. The van der Waals surface area contributed by atoms with Crippen molar-refractivity contribution >= 4 is 23.2 Å². The average Bonchev–Trinajstić information content (AvgIpc) is 3.38. The molecule has 0 saturated carbocycles. The van der Waals surface area contributed by atoms with Crippen molar-refractivity contribution in [3.05, 3.63) is 113 Å². The molecule has 35 heavy (non-hydrogen) atoms. The number of aromatic nitrogens is 2. The van der Waals surface area contributed by atoms with Crippen LogP contribution in [0.3, 0.4) is 0 Å². The molecule has 1 amide bonds. The molecule has 1 heterocycles. The molecule has 0 aliphatic rings. The van der Waals surface area contributed by atoms with E-state index in [0.717, 1.165) is 23.4 Å². The number of alkyl halides is 3. The highest BCUT2D eigenvalue weighted by Gasteiger charge is 2.35. The number of imidazole rings is 1. The van der Waals surface area contributed by atoms with Gasteiger partial charge in [0.25, 0.3) is 0 Å². The molecule has 0 fully saturated rings. The number of carbonyl (C=O) groups is 1. The number of hydrogen-bond acceptors (Lipinski definition) is 3. The molecule has 0 radical (unpaired) electrons. The molecule has 0 aliphatic carbocycles. The molecule has 4 aromatic rings. The Morgan fingerprint density at radius 3 is 2.34 bits per heavy atom. The lowest BCUT2D eigenvalue weighted by atomic mass is 10.0. The molecular formula is C26H22ClF3N4O. The standard InChI is InChI=1S/C26H22ClF3N4O/c1-17(18-7-10-21(11-8-18)34-14-13-31-16-34)32-24(19-5-3-2-4-6-19)25(35)33-23-12-9-20(27)15-22(23)26(28,29)30/h2-17,24,32H,1H3,(H,33,35)/t17-,24+/m0/s1. The van der Waals surface area contributed by atoms with Gasteiger partial charge in [-0.2, -0.15) is 13.2 Å². The van der Waals surface area contributed by atoms with Gasteiger partial charge in [-0.25, -0.2) is 4.98 Å². The van der Waals surface area contributed by atoms with E-state index in [2.05, 4.69) is 15.6 Å². The Morgan fingerprint density at radius 2 is 1.71 bits per heavy atom. The monoisotopic (exact) mass is 498 g/mol. The number of rotatable bonds is 7. The van der Waals surface area contributed by atoms with Crippen LogP contribution < -0.4 is 10.6 Å². The summed E-state index contributed by atoms with van der Waals surface area (Å²) in [5, 5.41) is 5.62. The van der Waals surface area contributed by atoms with Crippen LogP contribution in [0.15, 0.2) is 91.5 Å². The van der Waals surface area contributed by atoms with Crippen LogP contribution in [0.2, 0.25) is 5.02 Å². The van der Waals surface area contributed by atoms with Crippen LogP contribution in [0.5, 0.6) is 0 Å². The highest BCUT2D eigenvalue weighted by Crippen LogP contribution is 2.37. The van der Waals surface area contributed by atoms with Crippen molar-refractivity contribution in [2.75, 3.05) is 5.32 Å². The van der Waals surface area contributed by atoms with Gasteiger partial charge in [0, 0.05) is 29.1 Å². The maximum Gasteiger partial charge on any atom is 0.418 e. The first-order chi connectivity index (χ1) is 16.7. The lowest BCUT2D eigenvalue weighted by molar-refractivity contribution is -0.137. The highest BCUT2D eigenvalue weighted by atomic mass is 35.5. The number of hydrogen-bond donors (Lipinski definition) is 2. The average molecular weight is 499 g/mol. The van der Waals surface area contributed by atoms with E-state index < -0.39 is 23.7 Å². The Hall–Kier alpha value is -3.62. The van der Waals surface area contributed by atoms with Gasteiger partial charge in [0.15, 0.2) is 0 Å². The molecule has 2 atom stereocenters. The summed E-state index contributed by atoms with van der Waals surface area (Å²) in [7, 11) is 0. The van der Waals surface area contributed by atoms with E-state index in [1.165, 1.54) is 6.07 Å². The van der Waals surface area contributed by atoms with E-state index in [1.807, 2.05) is 42.0 Å². The summed E-state index contributed by atoms with van der Waals surface area (Å²) in [6.45, 7) is 1.89. The summed E-state index contributed by atoms with van der Waals surface area (Å²) in [6, 6.07) is 18.6.